The van der Waals surface area contributed by atoms with Crippen molar-refractivity contribution < 1.29 is 26.5 Å². The van der Waals surface area contributed by atoms with Crippen LogP contribution in [0.1, 0.15) is 5.56 Å². The molecule has 2 aromatic rings. The summed E-state index contributed by atoms with van der Waals surface area (Å²) >= 11 is 0. The van der Waals surface area contributed by atoms with Crippen molar-refractivity contribution in [2.75, 3.05) is 6.61 Å². The third kappa shape index (κ3) is 3.30. The van der Waals surface area contributed by atoms with E-state index >= 15 is 0 Å². The zero-order valence-corrected chi connectivity index (χ0v) is 11.1. The number of hydrogen-bond acceptors (Lipinski definition) is 4. The van der Waals surface area contributed by atoms with Gasteiger partial charge in [-0.3, -0.25) is 0 Å². The summed E-state index contributed by atoms with van der Waals surface area (Å²) in [5, 5.41) is -2.51. The number of alkyl halides is 2. The first-order chi connectivity index (χ1) is 9.29. The number of fused-ring (bicyclic) bond motifs is 1. The van der Waals surface area contributed by atoms with Gasteiger partial charge in [-0.1, -0.05) is 36.4 Å². The molecule has 0 amide bonds. The topological polar surface area (TPSA) is 66.4 Å². The number of rotatable bonds is 5. The number of benzene rings is 2. The molecule has 20 heavy (non-hydrogen) atoms. The molecule has 2 aromatic carbocycles. The fraction of sp³-hybridized carbons (Fsp3) is 0.231. The van der Waals surface area contributed by atoms with Gasteiger partial charge in [0.05, 0.1) is 6.61 Å². The van der Waals surface area contributed by atoms with Gasteiger partial charge < -0.3 is 9.29 Å². The van der Waals surface area contributed by atoms with E-state index in [1.807, 2.05) is 24.3 Å². The molecule has 0 N–H and O–H groups in total. The van der Waals surface area contributed by atoms with E-state index in [1.165, 1.54) is 0 Å². The lowest BCUT2D eigenvalue weighted by atomic mass is 10.1. The van der Waals surface area contributed by atoms with Crippen LogP contribution in [0.5, 0.6) is 0 Å². The van der Waals surface area contributed by atoms with Gasteiger partial charge in [-0.15, -0.1) is 0 Å². The fourth-order valence-corrected chi connectivity index (χ4v) is 1.92. The molecule has 0 aliphatic heterocycles. The highest BCUT2D eigenvalue weighted by atomic mass is 32.2. The molecule has 0 heterocycles. The van der Waals surface area contributed by atoms with Gasteiger partial charge in [-0.25, -0.2) is 8.42 Å². The third-order valence-corrected chi connectivity index (χ3v) is 3.57. The van der Waals surface area contributed by atoms with Gasteiger partial charge in [-0.2, -0.15) is 8.78 Å². The van der Waals surface area contributed by atoms with Crippen LogP contribution in [0.3, 0.4) is 0 Å². The third-order valence-electron chi connectivity index (χ3n) is 2.72. The smallest absolute Gasteiger partial charge is 0.357 e. The SMILES string of the molecule is O=S(=O)([O-])C(F)(F)COCc1ccc2ccccc2c1. The standard InChI is InChI=1S/C13H12F2O4S/c14-13(15,20(16,17)18)9-19-8-10-5-6-11-3-1-2-4-12(11)7-10/h1-7H,8-9H2,(H,16,17,18)/p-1. The van der Waals surface area contributed by atoms with Crippen LogP contribution in [0.4, 0.5) is 8.78 Å². The Morgan fingerprint density at radius 2 is 1.75 bits per heavy atom. The molecule has 0 spiro atoms. The molecule has 0 aliphatic rings. The van der Waals surface area contributed by atoms with Gasteiger partial charge in [0.1, 0.15) is 6.61 Å². The van der Waals surface area contributed by atoms with Crippen LogP contribution in [0.15, 0.2) is 42.5 Å². The van der Waals surface area contributed by atoms with Crippen LogP contribution < -0.4 is 0 Å². The van der Waals surface area contributed by atoms with Crippen molar-refractivity contribution >= 4 is 20.9 Å². The summed E-state index contributed by atoms with van der Waals surface area (Å²) in [7, 11) is -5.70. The van der Waals surface area contributed by atoms with Crippen LogP contribution in [-0.2, 0) is 21.5 Å². The van der Waals surface area contributed by atoms with Crippen molar-refractivity contribution in [3.63, 3.8) is 0 Å². The van der Waals surface area contributed by atoms with E-state index in [1.54, 1.807) is 18.2 Å². The first kappa shape index (κ1) is 14.8. The predicted octanol–water partition coefficient (Wildman–Crippen LogP) is 2.49. The molecule has 2 rings (SSSR count). The van der Waals surface area contributed by atoms with Crippen molar-refractivity contribution in [3.05, 3.63) is 48.0 Å². The van der Waals surface area contributed by atoms with Crippen molar-refractivity contribution in [1.82, 2.24) is 0 Å². The molecule has 0 fully saturated rings. The van der Waals surface area contributed by atoms with E-state index in [-0.39, 0.29) is 6.61 Å². The lowest BCUT2D eigenvalue weighted by molar-refractivity contribution is -0.0270. The molecule has 0 aliphatic carbocycles. The molecule has 0 saturated heterocycles. The summed E-state index contributed by atoms with van der Waals surface area (Å²) in [6.45, 7) is -1.65. The average Bonchev–Trinajstić information content (AvgIpc) is 2.37. The van der Waals surface area contributed by atoms with E-state index in [0.717, 1.165) is 10.8 Å². The summed E-state index contributed by atoms with van der Waals surface area (Å²) in [5.41, 5.74) is 0.614. The molecule has 0 saturated carbocycles. The van der Waals surface area contributed by atoms with E-state index in [9.17, 15) is 21.8 Å². The first-order valence-corrected chi connectivity index (χ1v) is 7.09. The second-order valence-electron chi connectivity index (χ2n) is 4.27. The Bertz CT molecular complexity index is 713. The maximum atomic E-state index is 12.9. The van der Waals surface area contributed by atoms with Gasteiger partial charge in [0.15, 0.2) is 10.1 Å². The van der Waals surface area contributed by atoms with Crippen LogP contribution in [0.25, 0.3) is 10.8 Å². The Morgan fingerprint density at radius 3 is 2.40 bits per heavy atom. The lowest BCUT2D eigenvalue weighted by Gasteiger charge is -2.19. The Labute approximate surface area is 114 Å². The Kier molecular flexibility index (Phi) is 4.03. The van der Waals surface area contributed by atoms with Gasteiger partial charge >= 0.3 is 5.25 Å². The summed E-state index contributed by atoms with van der Waals surface area (Å²) < 4.78 is 61.2. The molecule has 7 heteroatoms. The Balaban J connectivity index is 2.03. The predicted molar refractivity (Wildman–Crippen MR) is 68.2 cm³/mol. The zero-order chi connectivity index (χ0) is 14.8. The fourth-order valence-electron chi connectivity index (χ4n) is 1.69. The van der Waals surface area contributed by atoms with E-state index in [4.69, 9.17) is 0 Å². The summed E-state index contributed by atoms with van der Waals surface area (Å²) in [5.74, 6) is 0. The van der Waals surface area contributed by atoms with Gasteiger partial charge in [0.2, 0.25) is 0 Å². The molecule has 0 atom stereocenters. The van der Waals surface area contributed by atoms with Crippen molar-refractivity contribution in [2.45, 2.75) is 11.9 Å². The summed E-state index contributed by atoms with van der Waals surface area (Å²) in [4.78, 5) is 0. The molecular formula is C13H11F2O4S-. The lowest BCUT2D eigenvalue weighted by Crippen LogP contribution is -2.33. The van der Waals surface area contributed by atoms with E-state index < -0.39 is 22.0 Å². The van der Waals surface area contributed by atoms with E-state index in [0.29, 0.717) is 5.56 Å². The molecule has 0 bridgehead atoms. The minimum atomic E-state index is -5.70. The van der Waals surface area contributed by atoms with Crippen LogP contribution >= 0.6 is 0 Å². The molecule has 0 radical (unpaired) electrons. The highest BCUT2D eigenvalue weighted by Crippen LogP contribution is 2.22. The monoisotopic (exact) mass is 301 g/mol. The highest BCUT2D eigenvalue weighted by Gasteiger charge is 2.37. The Hall–Kier alpha value is -1.57. The Morgan fingerprint density at radius 1 is 1.10 bits per heavy atom. The van der Waals surface area contributed by atoms with Crippen LogP contribution in [0.2, 0.25) is 0 Å². The zero-order valence-electron chi connectivity index (χ0n) is 10.3. The van der Waals surface area contributed by atoms with E-state index in [2.05, 4.69) is 4.74 Å². The summed E-state index contributed by atoms with van der Waals surface area (Å²) in [6, 6.07) is 12.7. The van der Waals surface area contributed by atoms with Gasteiger partial charge in [0, 0.05) is 0 Å². The number of ether oxygens (including phenoxy) is 1. The molecular weight excluding hydrogens is 290 g/mol. The van der Waals surface area contributed by atoms with Gasteiger partial charge in [0.25, 0.3) is 0 Å². The molecule has 4 nitrogen and oxygen atoms in total. The second kappa shape index (κ2) is 5.43. The molecule has 0 aromatic heterocycles. The second-order valence-corrected chi connectivity index (χ2v) is 5.77. The maximum Gasteiger partial charge on any atom is 0.357 e. The average molecular weight is 301 g/mol. The highest BCUT2D eigenvalue weighted by molar-refractivity contribution is 7.86. The normalized spacial score (nSPS) is 12.8. The summed E-state index contributed by atoms with van der Waals surface area (Å²) in [6.07, 6.45) is 0. The maximum absolute atomic E-state index is 12.9. The van der Waals surface area contributed by atoms with Gasteiger partial charge in [-0.05, 0) is 22.4 Å². The van der Waals surface area contributed by atoms with Crippen LogP contribution in [-0.4, -0.2) is 24.8 Å². The van der Waals surface area contributed by atoms with Crippen molar-refractivity contribution in [3.8, 4) is 0 Å². The molecule has 108 valence electrons. The minimum absolute atomic E-state index is 0.198. The van der Waals surface area contributed by atoms with Crippen LogP contribution in [0, 0.1) is 0 Å². The first-order valence-electron chi connectivity index (χ1n) is 5.68. The number of hydrogen-bond donors (Lipinski definition) is 0. The number of halogens is 2. The van der Waals surface area contributed by atoms with Crippen molar-refractivity contribution in [2.24, 2.45) is 0 Å². The minimum Gasteiger partial charge on any atom is -0.743 e. The molecule has 0 unspecified atom stereocenters. The van der Waals surface area contributed by atoms with Crippen molar-refractivity contribution in [1.29, 1.82) is 0 Å². The largest absolute Gasteiger partial charge is 0.743 e. The quantitative estimate of drug-likeness (QED) is 0.796.